The topological polar surface area (TPSA) is 35.5 Å². The Labute approximate surface area is 102 Å². The monoisotopic (exact) mass is 234 g/mol. The average molecular weight is 234 g/mol. The summed E-state index contributed by atoms with van der Waals surface area (Å²) in [5, 5.41) is 0. The molecule has 2 rings (SSSR count). The number of hydrogen-bond donors (Lipinski definition) is 0. The Kier molecular flexibility index (Phi) is 3.67. The molecule has 1 aromatic rings. The molecule has 0 saturated carbocycles. The van der Waals surface area contributed by atoms with Crippen LogP contribution in [0.5, 0.6) is 11.5 Å². The van der Waals surface area contributed by atoms with Gasteiger partial charge in [0.15, 0.2) is 6.61 Å². The Bertz CT molecular complexity index is 412. The predicted molar refractivity (Wildman–Crippen MR) is 65.8 cm³/mol. The fourth-order valence-electron chi connectivity index (χ4n) is 1.98. The summed E-state index contributed by atoms with van der Waals surface area (Å²) < 4.78 is 11.0. The van der Waals surface area contributed by atoms with E-state index in [1.807, 2.05) is 6.07 Å². The van der Waals surface area contributed by atoms with E-state index in [4.69, 9.17) is 9.47 Å². The SMILES string of the molecule is CCCC(C)COc1ccc2c(c1)OCC2=O. The van der Waals surface area contributed by atoms with Crippen molar-refractivity contribution in [1.82, 2.24) is 0 Å². The van der Waals surface area contributed by atoms with Crippen LogP contribution in [0.1, 0.15) is 37.0 Å². The molecule has 0 radical (unpaired) electrons. The maximum Gasteiger partial charge on any atom is 0.203 e. The second kappa shape index (κ2) is 5.21. The van der Waals surface area contributed by atoms with Gasteiger partial charge in [0.1, 0.15) is 11.5 Å². The van der Waals surface area contributed by atoms with Gasteiger partial charge < -0.3 is 9.47 Å². The lowest BCUT2D eigenvalue weighted by Gasteiger charge is -2.12. The van der Waals surface area contributed by atoms with Gasteiger partial charge in [-0.1, -0.05) is 20.3 Å². The first kappa shape index (κ1) is 12.0. The first-order valence-electron chi connectivity index (χ1n) is 6.13. The third-order valence-corrected chi connectivity index (χ3v) is 2.93. The number of rotatable bonds is 5. The summed E-state index contributed by atoms with van der Waals surface area (Å²) in [6, 6.07) is 5.42. The summed E-state index contributed by atoms with van der Waals surface area (Å²) >= 11 is 0. The van der Waals surface area contributed by atoms with Crippen LogP contribution < -0.4 is 9.47 Å². The quantitative estimate of drug-likeness (QED) is 0.785. The molecule has 3 heteroatoms. The Morgan fingerprint density at radius 1 is 1.47 bits per heavy atom. The molecular weight excluding hydrogens is 216 g/mol. The van der Waals surface area contributed by atoms with E-state index in [1.54, 1.807) is 12.1 Å². The summed E-state index contributed by atoms with van der Waals surface area (Å²) in [5.74, 6) is 2.03. The van der Waals surface area contributed by atoms with Gasteiger partial charge in [0.05, 0.1) is 12.2 Å². The summed E-state index contributed by atoms with van der Waals surface area (Å²) in [4.78, 5) is 11.4. The number of carbonyl (C=O) groups is 1. The van der Waals surface area contributed by atoms with Crippen molar-refractivity contribution in [2.75, 3.05) is 13.2 Å². The van der Waals surface area contributed by atoms with Gasteiger partial charge in [-0.15, -0.1) is 0 Å². The predicted octanol–water partition coefficient (Wildman–Crippen LogP) is 3.08. The summed E-state index contributed by atoms with van der Waals surface area (Å²) in [5.41, 5.74) is 0.666. The van der Waals surface area contributed by atoms with Gasteiger partial charge in [-0.3, -0.25) is 4.79 Å². The maximum absolute atomic E-state index is 11.4. The minimum atomic E-state index is 0.0471. The zero-order valence-corrected chi connectivity index (χ0v) is 10.4. The molecular formula is C14H18O3. The second-order valence-electron chi connectivity index (χ2n) is 4.57. The lowest BCUT2D eigenvalue weighted by molar-refractivity contribution is 0.0961. The molecule has 0 amide bonds. The Balaban J connectivity index is 1.97. The number of fused-ring (bicyclic) bond motifs is 1. The van der Waals surface area contributed by atoms with Crippen LogP contribution in [0, 0.1) is 5.92 Å². The van der Waals surface area contributed by atoms with E-state index in [2.05, 4.69) is 13.8 Å². The minimum absolute atomic E-state index is 0.0471. The van der Waals surface area contributed by atoms with Crippen LogP contribution in [0.4, 0.5) is 0 Å². The molecule has 92 valence electrons. The van der Waals surface area contributed by atoms with Crippen molar-refractivity contribution in [3.63, 3.8) is 0 Å². The van der Waals surface area contributed by atoms with Crippen molar-refractivity contribution in [1.29, 1.82) is 0 Å². The smallest absolute Gasteiger partial charge is 0.203 e. The zero-order chi connectivity index (χ0) is 12.3. The Morgan fingerprint density at radius 3 is 3.06 bits per heavy atom. The second-order valence-corrected chi connectivity index (χ2v) is 4.57. The van der Waals surface area contributed by atoms with Crippen molar-refractivity contribution >= 4 is 5.78 Å². The van der Waals surface area contributed by atoms with Crippen LogP contribution in [-0.4, -0.2) is 19.0 Å². The molecule has 1 aliphatic heterocycles. The van der Waals surface area contributed by atoms with Gasteiger partial charge in [-0.25, -0.2) is 0 Å². The summed E-state index contributed by atoms with van der Waals surface area (Å²) in [7, 11) is 0. The Morgan fingerprint density at radius 2 is 2.29 bits per heavy atom. The fourth-order valence-corrected chi connectivity index (χ4v) is 1.98. The number of hydrogen-bond acceptors (Lipinski definition) is 3. The van der Waals surface area contributed by atoms with Crippen LogP contribution in [0.15, 0.2) is 18.2 Å². The van der Waals surface area contributed by atoms with Crippen LogP contribution in [0.25, 0.3) is 0 Å². The average Bonchev–Trinajstić information content (AvgIpc) is 2.69. The Hall–Kier alpha value is -1.51. The number of ketones is 1. The number of carbonyl (C=O) groups excluding carboxylic acids is 1. The van der Waals surface area contributed by atoms with Gasteiger partial charge in [0, 0.05) is 6.07 Å². The van der Waals surface area contributed by atoms with Crippen molar-refractivity contribution in [2.45, 2.75) is 26.7 Å². The van der Waals surface area contributed by atoms with E-state index in [-0.39, 0.29) is 12.4 Å². The molecule has 0 aromatic heterocycles. The molecule has 0 saturated heterocycles. The van der Waals surface area contributed by atoms with E-state index in [0.717, 1.165) is 5.75 Å². The third kappa shape index (κ3) is 2.78. The highest BCUT2D eigenvalue weighted by Gasteiger charge is 2.21. The molecule has 1 atom stereocenters. The first-order valence-corrected chi connectivity index (χ1v) is 6.13. The van der Waals surface area contributed by atoms with Crippen molar-refractivity contribution in [3.05, 3.63) is 23.8 Å². The number of benzene rings is 1. The molecule has 1 aromatic carbocycles. The molecule has 0 bridgehead atoms. The standard InChI is InChI=1S/C14H18O3/c1-3-4-10(2)8-16-11-5-6-12-13(15)9-17-14(12)7-11/h5-7,10H,3-4,8-9H2,1-2H3. The van der Waals surface area contributed by atoms with Crippen LogP contribution >= 0.6 is 0 Å². The van der Waals surface area contributed by atoms with E-state index in [9.17, 15) is 4.79 Å². The molecule has 1 heterocycles. The molecule has 0 aliphatic carbocycles. The largest absolute Gasteiger partial charge is 0.493 e. The van der Waals surface area contributed by atoms with Gasteiger partial charge in [-0.05, 0) is 24.5 Å². The van der Waals surface area contributed by atoms with E-state index < -0.39 is 0 Å². The highest BCUT2D eigenvalue weighted by molar-refractivity contribution is 6.02. The minimum Gasteiger partial charge on any atom is -0.493 e. The van der Waals surface area contributed by atoms with Crippen molar-refractivity contribution < 1.29 is 14.3 Å². The summed E-state index contributed by atoms with van der Waals surface area (Å²) in [6.45, 7) is 5.22. The fraction of sp³-hybridized carbons (Fsp3) is 0.500. The third-order valence-electron chi connectivity index (χ3n) is 2.93. The molecule has 0 fully saturated rings. The molecule has 17 heavy (non-hydrogen) atoms. The lowest BCUT2D eigenvalue weighted by atomic mass is 10.1. The normalized spacial score (nSPS) is 15.3. The van der Waals surface area contributed by atoms with Crippen LogP contribution in [0.3, 0.4) is 0 Å². The molecule has 0 N–H and O–H groups in total. The highest BCUT2D eigenvalue weighted by atomic mass is 16.5. The van der Waals surface area contributed by atoms with Gasteiger partial charge >= 0.3 is 0 Å². The van der Waals surface area contributed by atoms with E-state index in [0.29, 0.717) is 23.8 Å². The summed E-state index contributed by atoms with van der Waals surface area (Å²) in [6.07, 6.45) is 2.34. The van der Waals surface area contributed by atoms with Gasteiger partial charge in [-0.2, -0.15) is 0 Å². The molecule has 1 unspecified atom stereocenters. The van der Waals surface area contributed by atoms with Crippen molar-refractivity contribution in [3.8, 4) is 11.5 Å². The van der Waals surface area contributed by atoms with E-state index in [1.165, 1.54) is 12.8 Å². The lowest BCUT2D eigenvalue weighted by Crippen LogP contribution is -2.08. The van der Waals surface area contributed by atoms with Gasteiger partial charge in [0.25, 0.3) is 0 Å². The van der Waals surface area contributed by atoms with Crippen molar-refractivity contribution in [2.24, 2.45) is 5.92 Å². The van der Waals surface area contributed by atoms with Crippen LogP contribution in [-0.2, 0) is 0 Å². The van der Waals surface area contributed by atoms with E-state index >= 15 is 0 Å². The molecule has 0 spiro atoms. The first-order chi connectivity index (χ1) is 8.20. The highest BCUT2D eigenvalue weighted by Crippen LogP contribution is 2.29. The number of ether oxygens (including phenoxy) is 2. The molecule has 1 aliphatic rings. The van der Waals surface area contributed by atoms with Gasteiger partial charge in [0.2, 0.25) is 5.78 Å². The number of Topliss-reactive ketones (excluding diaryl/α,β-unsaturated/α-hetero) is 1. The zero-order valence-electron chi connectivity index (χ0n) is 10.4. The molecule has 3 nitrogen and oxygen atoms in total. The maximum atomic E-state index is 11.4. The van der Waals surface area contributed by atoms with Crippen LogP contribution in [0.2, 0.25) is 0 Å².